The summed E-state index contributed by atoms with van der Waals surface area (Å²) in [6, 6.07) is 0. The first-order valence-corrected chi connectivity index (χ1v) is 10.8. The highest BCUT2D eigenvalue weighted by Crippen LogP contribution is 2.35. The van der Waals surface area contributed by atoms with Crippen molar-refractivity contribution in [2.24, 2.45) is 11.8 Å². The Morgan fingerprint density at radius 1 is 1.41 bits per heavy atom. The first kappa shape index (κ1) is 18.6. The lowest BCUT2D eigenvalue weighted by Crippen LogP contribution is -2.39. The number of carbonyl (C=O) groups is 1. The van der Waals surface area contributed by atoms with Crippen molar-refractivity contribution < 1.29 is 9.53 Å². The van der Waals surface area contributed by atoms with E-state index in [1.165, 1.54) is 10.4 Å². The summed E-state index contributed by atoms with van der Waals surface area (Å²) >= 11 is 1.68. The molecule has 0 spiro atoms. The Morgan fingerprint density at radius 2 is 2.26 bits per heavy atom. The van der Waals surface area contributed by atoms with E-state index < -0.39 is 0 Å². The number of esters is 1. The number of nitrogens with zero attached hydrogens (tertiary/aromatic N) is 2. The number of hydrogen-bond acceptors (Lipinski definition) is 6. The van der Waals surface area contributed by atoms with Gasteiger partial charge in [0, 0.05) is 11.4 Å². The Morgan fingerprint density at radius 3 is 3.07 bits per heavy atom. The number of H-pyrrole nitrogens is 1. The Balaban J connectivity index is 1.54. The number of carbonyl (C=O) groups excluding carboxylic acids is 1. The zero-order chi connectivity index (χ0) is 19.0. The monoisotopic (exact) mass is 389 g/mol. The van der Waals surface area contributed by atoms with Gasteiger partial charge in [-0.15, -0.1) is 11.3 Å². The lowest BCUT2D eigenvalue weighted by atomic mass is 9.89. The normalized spacial score (nSPS) is 23.3. The quantitative estimate of drug-likeness (QED) is 0.814. The average Bonchev–Trinajstić information content (AvgIpc) is 2.99. The van der Waals surface area contributed by atoms with Crippen LogP contribution in [0.1, 0.15) is 49.4 Å². The number of likely N-dealkylation sites (tertiary alicyclic amines) is 1. The maximum Gasteiger partial charge on any atom is 0.310 e. The second-order valence-corrected chi connectivity index (χ2v) is 8.95. The third-order valence-electron chi connectivity index (χ3n) is 5.71. The molecule has 0 saturated carbocycles. The van der Waals surface area contributed by atoms with Gasteiger partial charge in [0.2, 0.25) is 0 Å². The van der Waals surface area contributed by atoms with Gasteiger partial charge in [0.1, 0.15) is 10.7 Å². The maximum atomic E-state index is 12.7. The number of piperidine rings is 1. The molecule has 2 atom stereocenters. The molecule has 0 aromatic carbocycles. The minimum absolute atomic E-state index is 0.0130. The van der Waals surface area contributed by atoms with E-state index in [2.05, 4.69) is 16.8 Å². The molecular formula is C20H27N3O3S. The van der Waals surface area contributed by atoms with Gasteiger partial charge >= 0.3 is 5.97 Å². The van der Waals surface area contributed by atoms with Crippen LogP contribution in [0.15, 0.2) is 4.79 Å². The van der Waals surface area contributed by atoms with Crippen LogP contribution in [0.25, 0.3) is 10.2 Å². The molecule has 0 bridgehead atoms. The highest BCUT2D eigenvalue weighted by molar-refractivity contribution is 7.18. The van der Waals surface area contributed by atoms with Crippen LogP contribution in [0.4, 0.5) is 0 Å². The van der Waals surface area contributed by atoms with Gasteiger partial charge in [-0.05, 0) is 57.1 Å². The average molecular weight is 390 g/mol. The fraction of sp³-hybridized carbons (Fsp3) is 0.650. The molecule has 0 radical (unpaired) electrons. The number of rotatable bonds is 4. The number of fused-ring (bicyclic) bond motifs is 3. The summed E-state index contributed by atoms with van der Waals surface area (Å²) in [5.74, 6) is 1.18. The van der Waals surface area contributed by atoms with E-state index in [-0.39, 0.29) is 17.4 Å². The minimum atomic E-state index is -0.112. The van der Waals surface area contributed by atoms with E-state index >= 15 is 0 Å². The Hall–Kier alpha value is -1.73. The lowest BCUT2D eigenvalue weighted by Gasteiger charge is -2.30. The van der Waals surface area contributed by atoms with Crippen molar-refractivity contribution in [1.29, 1.82) is 0 Å². The van der Waals surface area contributed by atoms with Crippen LogP contribution in [0, 0.1) is 11.8 Å². The van der Waals surface area contributed by atoms with Gasteiger partial charge in [-0.1, -0.05) is 6.92 Å². The standard InChI is InChI=1S/C20H27N3O3S/c1-3-26-20(25)13-5-4-8-23(10-13)11-16-21-18(24)17-14-7-6-12(2)9-15(14)27-19(17)22-16/h12-13H,3-11H2,1-2H3,(H,21,22,24)/t12-,13+/m0/s1. The van der Waals surface area contributed by atoms with Crippen molar-refractivity contribution in [1.82, 2.24) is 14.9 Å². The molecule has 1 fully saturated rings. The Bertz CT molecular complexity index is 904. The van der Waals surface area contributed by atoms with Gasteiger partial charge in [-0.25, -0.2) is 4.98 Å². The Kier molecular flexibility index (Phi) is 5.32. The van der Waals surface area contributed by atoms with E-state index in [0.29, 0.717) is 31.4 Å². The molecule has 1 saturated heterocycles. The maximum absolute atomic E-state index is 12.7. The van der Waals surface area contributed by atoms with Gasteiger partial charge in [0.05, 0.1) is 24.5 Å². The molecule has 1 aliphatic carbocycles. The lowest BCUT2D eigenvalue weighted by molar-refractivity contribution is -0.150. The van der Waals surface area contributed by atoms with Gasteiger partial charge < -0.3 is 9.72 Å². The number of aryl methyl sites for hydroxylation is 1. The van der Waals surface area contributed by atoms with Gasteiger partial charge in [-0.2, -0.15) is 0 Å². The molecule has 6 nitrogen and oxygen atoms in total. The van der Waals surface area contributed by atoms with Crippen molar-refractivity contribution in [3.63, 3.8) is 0 Å². The number of ether oxygens (including phenoxy) is 1. The van der Waals surface area contributed by atoms with Gasteiger partial charge in [0.25, 0.3) is 5.56 Å². The zero-order valence-electron chi connectivity index (χ0n) is 16.0. The SMILES string of the molecule is CCOC(=O)[C@@H]1CCCN(Cc2nc3sc4c(c3c(=O)[nH]2)CC[C@H](C)C4)C1. The summed E-state index contributed by atoms with van der Waals surface area (Å²) in [6.07, 6.45) is 5.00. The fourth-order valence-electron chi connectivity index (χ4n) is 4.33. The van der Waals surface area contributed by atoms with E-state index in [9.17, 15) is 9.59 Å². The van der Waals surface area contributed by atoms with Gasteiger partial charge in [0.15, 0.2) is 0 Å². The number of thiophene rings is 1. The molecule has 3 heterocycles. The summed E-state index contributed by atoms with van der Waals surface area (Å²) in [5.41, 5.74) is 1.20. The van der Waals surface area contributed by atoms with Crippen molar-refractivity contribution in [3.05, 3.63) is 26.6 Å². The Labute approximate surface area is 162 Å². The van der Waals surface area contributed by atoms with Crippen LogP contribution in [0.5, 0.6) is 0 Å². The summed E-state index contributed by atoms with van der Waals surface area (Å²) < 4.78 is 5.17. The fourth-order valence-corrected chi connectivity index (χ4v) is 5.73. The van der Waals surface area contributed by atoms with Crippen LogP contribution >= 0.6 is 11.3 Å². The molecule has 0 unspecified atom stereocenters. The molecule has 27 heavy (non-hydrogen) atoms. The summed E-state index contributed by atoms with van der Waals surface area (Å²) in [6.45, 7) is 6.67. The van der Waals surface area contributed by atoms with Crippen LogP contribution < -0.4 is 5.56 Å². The smallest absolute Gasteiger partial charge is 0.310 e. The molecule has 2 aromatic rings. The molecule has 7 heteroatoms. The molecule has 2 aromatic heterocycles. The summed E-state index contributed by atoms with van der Waals surface area (Å²) in [4.78, 5) is 36.9. The molecule has 146 valence electrons. The van der Waals surface area contributed by atoms with Crippen LogP contribution in [-0.2, 0) is 28.9 Å². The third-order valence-corrected chi connectivity index (χ3v) is 6.86. The molecule has 1 aliphatic heterocycles. The van der Waals surface area contributed by atoms with Crippen molar-refractivity contribution in [2.45, 2.75) is 52.5 Å². The van der Waals surface area contributed by atoms with E-state index in [0.717, 1.165) is 48.9 Å². The first-order valence-electron chi connectivity index (χ1n) is 9.97. The number of hydrogen-bond donors (Lipinski definition) is 1. The predicted octanol–water partition coefficient (Wildman–Crippen LogP) is 2.88. The first-order chi connectivity index (χ1) is 13.0. The molecule has 0 amide bonds. The van der Waals surface area contributed by atoms with Gasteiger partial charge in [-0.3, -0.25) is 14.5 Å². The zero-order valence-corrected chi connectivity index (χ0v) is 16.9. The minimum Gasteiger partial charge on any atom is -0.466 e. The third kappa shape index (κ3) is 3.80. The predicted molar refractivity (Wildman–Crippen MR) is 106 cm³/mol. The number of aromatic nitrogens is 2. The van der Waals surface area contributed by atoms with Crippen LogP contribution in [-0.4, -0.2) is 40.5 Å². The molecular weight excluding hydrogens is 362 g/mol. The topological polar surface area (TPSA) is 75.3 Å². The second-order valence-electron chi connectivity index (χ2n) is 7.87. The largest absolute Gasteiger partial charge is 0.466 e. The molecule has 4 rings (SSSR count). The van der Waals surface area contributed by atoms with Crippen molar-refractivity contribution in [2.75, 3.05) is 19.7 Å². The van der Waals surface area contributed by atoms with E-state index in [4.69, 9.17) is 9.72 Å². The molecule has 1 N–H and O–H groups in total. The number of aromatic amines is 1. The van der Waals surface area contributed by atoms with Crippen molar-refractivity contribution in [3.8, 4) is 0 Å². The van der Waals surface area contributed by atoms with E-state index in [1.807, 2.05) is 6.92 Å². The van der Waals surface area contributed by atoms with Crippen LogP contribution in [0.2, 0.25) is 0 Å². The molecule has 2 aliphatic rings. The van der Waals surface area contributed by atoms with Crippen molar-refractivity contribution >= 4 is 27.5 Å². The van der Waals surface area contributed by atoms with Crippen LogP contribution in [0.3, 0.4) is 0 Å². The number of nitrogens with one attached hydrogen (secondary N) is 1. The second kappa shape index (κ2) is 7.72. The highest BCUT2D eigenvalue weighted by atomic mass is 32.1. The van der Waals surface area contributed by atoms with E-state index in [1.54, 1.807) is 11.3 Å². The summed E-state index contributed by atoms with van der Waals surface area (Å²) in [7, 11) is 0. The summed E-state index contributed by atoms with van der Waals surface area (Å²) in [5, 5.41) is 0.800. The highest BCUT2D eigenvalue weighted by Gasteiger charge is 2.28.